The maximum absolute atomic E-state index is 11.5. The van der Waals surface area contributed by atoms with E-state index in [9.17, 15) is 4.79 Å². The quantitative estimate of drug-likeness (QED) is 0.838. The van der Waals surface area contributed by atoms with Crippen molar-refractivity contribution in [3.8, 4) is 5.75 Å². The normalized spacial score (nSPS) is 10.4. The molecule has 4 heteroatoms. The lowest BCUT2D eigenvalue weighted by atomic mass is 10.2. The van der Waals surface area contributed by atoms with Gasteiger partial charge in [0.1, 0.15) is 12.4 Å². The third-order valence-corrected chi connectivity index (χ3v) is 2.98. The molecule has 0 aliphatic rings. The molecule has 0 radical (unpaired) electrons. The van der Waals surface area contributed by atoms with Crippen LogP contribution in [0.4, 0.5) is 0 Å². The molecule has 0 atom stereocenters. The van der Waals surface area contributed by atoms with E-state index in [1.54, 1.807) is 22.9 Å². The second-order valence-electron chi connectivity index (χ2n) is 4.51. The average molecular weight is 272 g/mol. The Bertz CT molecular complexity index is 593. The molecule has 0 saturated carbocycles. The molecule has 1 aromatic carbocycles. The number of nitrogens with zero attached hydrogens (tertiary/aromatic N) is 1. The van der Waals surface area contributed by atoms with Gasteiger partial charge in [-0.15, -0.1) is 0 Å². The van der Waals surface area contributed by atoms with Crippen molar-refractivity contribution in [2.45, 2.75) is 20.0 Å². The molecule has 0 unspecified atom stereocenters. The zero-order valence-electron chi connectivity index (χ0n) is 11.7. The van der Waals surface area contributed by atoms with Gasteiger partial charge in [-0.1, -0.05) is 25.1 Å². The maximum Gasteiger partial charge on any atom is 0.250 e. The molecule has 1 aromatic heterocycles. The Morgan fingerprint density at radius 3 is 2.90 bits per heavy atom. The molecular formula is C16H20N2O2. The van der Waals surface area contributed by atoms with Crippen molar-refractivity contribution in [1.29, 1.82) is 0 Å². The summed E-state index contributed by atoms with van der Waals surface area (Å²) in [6.45, 7) is 4.90. The number of rotatable bonds is 7. The molecule has 2 rings (SSSR count). The van der Waals surface area contributed by atoms with Crippen LogP contribution in [0, 0.1) is 0 Å². The van der Waals surface area contributed by atoms with Crippen LogP contribution in [0.25, 0.3) is 0 Å². The van der Waals surface area contributed by atoms with Gasteiger partial charge in [0.05, 0.1) is 6.54 Å². The summed E-state index contributed by atoms with van der Waals surface area (Å²) in [6, 6.07) is 13.1. The lowest BCUT2D eigenvalue weighted by molar-refractivity contribution is 0.296. The standard InChI is InChI=1S/C16H20N2O2/c1-2-17-13-14-6-5-7-15(12-14)20-11-10-18-9-4-3-8-16(18)19/h3-9,12,17H,2,10-11,13H2,1H3. The van der Waals surface area contributed by atoms with Crippen molar-refractivity contribution in [3.05, 3.63) is 64.6 Å². The number of nitrogens with one attached hydrogen (secondary N) is 1. The number of hydrogen-bond donors (Lipinski definition) is 1. The first kappa shape index (κ1) is 14.3. The first-order valence-corrected chi connectivity index (χ1v) is 6.87. The molecule has 1 heterocycles. The first-order chi connectivity index (χ1) is 9.79. The minimum Gasteiger partial charge on any atom is -0.492 e. The molecule has 1 N–H and O–H groups in total. The number of hydrogen-bond acceptors (Lipinski definition) is 3. The third kappa shape index (κ3) is 4.24. The van der Waals surface area contributed by atoms with Gasteiger partial charge < -0.3 is 14.6 Å². The smallest absolute Gasteiger partial charge is 0.250 e. The molecule has 0 bridgehead atoms. The monoisotopic (exact) mass is 272 g/mol. The summed E-state index contributed by atoms with van der Waals surface area (Å²) in [4.78, 5) is 11.5. The second kappa shape index (κ2) is 7.50. The highest BCUT2D eigenvalue weighted by Gasteiger charge is 1.98. The number of aromatic nitrogens is 1. The summed E-state index contributed by atoms with van der Waals surface area (Å²) in [6.07, 6.45) is 1.77. The van der Waals surface area contributed by atoms with E-state index in [4.69, 9.17) is 4.74 Å². The van der Waals surface area contributed by atoms with Gasteiger partial charge in [-0.3, -0.25) is 4.79 Å². The van der Waals surface area contributed by atoms with Crippen molar-refractivity contribution >= 4 is 0 Å². The van der Waals surface area contributed by atoms with E-state index in [-0.39, 0.29) is 5.56 Å². The second-order valence-corrected chi connectivity index (χ2v) is 4.51. The molecule has 0 spiro atoms. The van der Waals surface area contributed by atoms with Crippen LogP contribution in [0.3, 0.4) is 0 Å². The highest BCUT2D eigenvalue weighted by atomic mass is 16.5. The van der Waals surface area contributed by atoms with E-state index in [1.165, 1.54) is 5.56 Å². The van der Waals surface area contributed by atoms with Crippen LogP contribution >= 0.6 is 0 Å². The van der Waals surface area contributed by atoms with Crippen molar-refractivity contribution in [2.75, 3.05) is 13.2 Å². The molecule has 4 nitrogen and oxygen atoms in total. The lowest BCUT2D eigenvalue weighted by Crippen LogP contribution is -2.21. The summed E-state index contributed by atoms with van der Waals surface area (Å²) in [5, 5.41) is 3.28. The predicted molar refractivity (Wildman–Crippen MR) is 80.0 cm³/mol. The van der Waals surface area contributed by atoms with Gasteiger partial charge in [-0.25, -0.2) is 0 Å². The minimum atomic E-state index is -0.00278. The Balaban J connectivity index is 1.88. The molecule has 0 aliphatic heterocycles. The fourth-order valence-electron chi connectivity index (χ4n) is 1.92. The SMILES string of the molecule is CCNCc1cccc(OCCn2ccccc2=O)c1. The highest BCUT2D eigenvalue weighted by molar-refractivity contribution is 5.28. The van der Waals surface area contributed by atoms with E-state index < -0.39 is 0 Å². The molecule has 2 aromatic rings. The van der Waals surface area contributed by atoms with E-state index in [2.05, 4.69) is 18.3 Å². The maximum atomic E-state index is 11.5. The summed E-state index contributed by atoms with van der Waals surface area (Å²) < 4.78 is 7.34. The van der Waals surface area contributed by atoms with Crippen molar-refractivity contribution in [3.63, 3.8) is 0 Å². The molecule has 0 saturated heterocycles. The molecule has 106 valence electrons. The van der Waals surface area contributed by atoms with Gasteiger partial charge in [0.15, 0.2) is 0 Å². The Kier molecular flexibility index (Phi) is 5.38. The Morgan fingerprint density at radius 2 is 2.10 bits per heavy atom. The van der Waals surface area contributed by atoms with Crippen LogP contribution in [0.15, 0.2) is 53.5 Å². The topological polar surface area (TPSA) is 43.3 Å². The fourth-order valence-corrected chi connectivity index (χ4v) is 1.92. The predicted octanol–water partition coefficient (Wildman–Crippen LogP) is 2.04. The Labute approximate surface area is 119 Å². The van der Waals surface area contributed by atoms with Gasteiger partial charge >= 0.3 is 0 Å². The van der Waals surface area contributed by atoms with Crippen molar-refractivity contribution in [2.24, 2.45) is 0 Å². The number of pyridine rings is 1. The van der Waals surface area contributed by atoms with Gasteiger partial charge in [0, 0.05) is 18.8 Å². The zero-order chi connectivity index (χ0) is 14.2. The van der Waals surface area contributed by atoms with Crippen molar-refractivity contribution in [1.82, 2.24) is 9.88 Å². The molecule has 0 aliphatic carbocycles. The van der Waals surface area contributed by atoms with Crippen LogP contribution in [0.1, 0.15) is 12.5 Å². The number of benzene rings is 1. The van der Waals surface area contributed by atoms with E-state index >= 15 is 0 Å². The Morgan fingerprint density at radius 1 is 1.20 bits per heavy atom. The summed E-state index contributed by atoms with van der Waals surface area (Å²) in [7, 11) is 0. The van der Waals surface area contributed by atoms with Crippen LogP contribution in [0.2, 0.25) is 0 Å². The average Bonchev–Trinajstić information content (AvgIpc) is 2.48. The summed E-state index contributed by atoms with van der Waals surface area (Å²) >= 11 is 0. The number of ether oxygens (including phenoxy) is 1. The fraction of sp³-hybridized carbons (Fsp3) is 0.312. The molecule has 20 heavy (non-hydrogen) atoms. The van der Waals surface area contributed by atoms with Crippen LogP contribution in [-0.2, 0) is 13.1 Å². The van der Waals surface area contributed by atoms with E-state index in [1.807, 2.05) is 24.3 Å². The lowest BCUT2D eigenvalue weighted by Gasteiger charge is -2.09. The molecule has 0 fully saturated rings. The van der Waals surface area contributed by atoms with E-state index in [0.717, 1.165) is 18.8 Å². The Hall–Kier alpha value is -2.07. The third-order valence-electron chi connectivity index (χ3n) is 2.98. The summed E-state index contributed by atoms with van der Waals surface area (Å²) in [5.41, 5.74) is 1.19. The zero-order valence-corrected chi connectivity index (χ0v) is 11.7. The van der Waals surface area contributed by atoms with Crippen molar-refractivity contribution < 1.29 is 4.74 Å². The molecular weight excluding hydrogens is 252 g/mol. The summed E-state index contributed by atoms with van der Waals surface area (Å²) in [5.74, 6) is 0.837. The molecule has 0 amide bonds. The van der Waals surface area contributed by atoms with Gasteiger partial charge in [-0.2, -0.15) is 0 Å². The minimum absolute atomic E-state index is 0.00278. The van der Waals surface area contributed by atoms with Crippen LogP contribution in [0.5, 0.6) is 5.75 Å². The van der Waals surface area contributed by atoms with Crippen LogP contribution < -0.4 is 15.6 Å². The van der Waals surface area contributed by atoms with Gasteiger partial charge in [0.25, 0.3) is 5.56 Å². The highest BCUT2D eigenvalue weighted by Crippen LogP contribution is 2.13. The van der Waals surface area contributed by atoms with Gasteiger partial charge in [0.2, 0.25) is 0 Å². The van der Waals surface area contributed by atoms with Crippen LogP contribution in [-0.4, -0.2) is 17.7 Å². The first-order valence-electron chi connectivity index (χ1n) is 6.87. The largest absolute Gasteiger partial charge is 0.492 e. The van der Waals surface area contributed by atoms with Gasteiger partial charge in [-0.05, 0) is 30.3 Å². The van der Waals surface area contributed by atoms with E-state index in [0.29, 0.717) is 13.2 Å².